The smallest absolute Gasteiger partial charge is 0.868 e. The second kappa shape index (κ2) is 9.57. The van der Waals surface area contributed by atoms with Crippen LogP contribution in [-0.2, 0) is 17.1 Å². The molecule has 0 aliphatic rings. The van der Waals surface area contributed by atoms with Gasteiger partial charge in [-0.1, -0.05) is 29.3 Å². The predicted molar refractivity (Wildman–Crippen MR) is 74.4 cm³/mol. The minimum atomic E-state index is -0.292. The van der Waals surface area contributed by atoms with E-state index in [0.717, 1.165) is 0 Å². The Morgan fingerprint density at radius 3 is 2.14 bits per heavy atom. The van der Waals surface area contributed by atoms with Crippen molar-refractivity contribution in [3.05, 3.63) is 56.6 Å². The van der Waals surface area contributed by atoms with Crippen molar-refractivity contribution in [2.24, 2.45) is 5.18 Å². The number of rotatable bonds is 2. The summed E-state index contributed by atoms with van der Waals surface area (Å²) >= 11 is 11.0. The molecule has 3 N–H and O–H groups in total. The van der Waals surface area contributed by atoms with E-state index in [4.69, 9.17) is 28.3 Å². The summed E-state index contributed by atoms with van der Waals surface area (Å²) in [5.41, 5.74) is 0.564. The number of phenols is 1. The Balaban J connectivity index is 0.000000364. The Labute approximate surface area is 140 Å². The van der Waals surface area contributed by atoms with E-state index in [0.29, 0.717) is 15.5 Å². The number of nitrogens with two attached hydrogens (primary N) is 1. The number of hydrogen-bond acceptors (Lipinski definition) is 5. The number of nitroso groups, excluding NO2 is 1. The zero-order valence-corrected chi connectivity index (χ0v) is 12.7. The van der Waals surface area contributed by atoms with Crippen molar-refractivity contribution in [1.82, 2.24) is 0 Å². The van der Waals surface area contributed by atoms with Crippen molar-refractivity contribution in [2.45, 2.75) is 0 Å². The Morgan fingerprint density at radius 1 is 1.10 bits per heavy atom. The fraction of sp³-hybridized carbons (Fsp3) is 0. The van der Waals surface area contributed by atoms with Gasteiger partial charge in [-0.2, -0.15) is 0 Å². The zero-order chi connectivity index (χ0) is 15.1. The van der Waals surface area contributed by atoms with E-state index >= 15 is 0 Å². The van der Waals surface area contributed by atoms with E-state index in [1.807, 2.05) is 0 Å². The molecule has 2 aromatic rings. The second-order valence-corrected chi connectivity index (χ2v) is 4.40. The maximum atomic E-state index is 10.7. The molecule has 0 amide bonds. The normalized spacial score (nSPS) is 9.10. The van der Waals surface area contributed by atoms with Gasteiger partial charge in [0.1, 0.15) is 11.4 Å². The fourth-order valence-corrected chi connectivity index (χ4v) is 1.53. The molecule has 0 atom stereocenters. The van der Waals surface area contributed by atoms with E-state index in [2.05, 4.69) is 5.18 Å². The summed E-state index contributed by atoms with van der Waals surface area (Å²) in [5, 5.41) is 33.0. The topological polar surface area (TPSA) is 112 Å². The van der Waals surface area contributed by atoms with Gasteiger partial charge >= 0.3 is 17.1 Å². The predicted octanol–water partition coefficient (Wildman–Crippen LogP) is 2.55. The number of phenolic OH excluding ortho intramolecular Hbond substituents is 1. The number of halogens is 2. The Morgan fingerprint density at radius 2 is 1.67 bits per heavy atom. The van der Waals surface area contributed by atoms with Crippen LogP contribution >= 0.6 is 23.2 Å². The van der Waals surface area contributed by atoms with Gasteiger partial charge in [0.25, 0.3) is 0 Å². The zero-order valence-electron chi connectivity index (χ0n) is 10.2. The van der Waals surface area contributed by atoms with Gasteiger partial charge in [0.05, 0.1) is 0 Å². The quantitative estimate of drug-likeness (QED) is 0.361. The number of aromatic hydroxyl groups is 1. The first-order valence-corrected chi connectivity index (χ1v) is 5.97. The maximum absolute atomic E-state index is 10.7. The molecule has 0 saturated heterocycles. The summed E-state index contributed by atoms with van der Waals surface area (Å²) in [6, 6.07) is 8.16. The standard InChI is InChI=1S/C6H6ClNO2.C6H4ClNO2.Cu/c2*7-4-1-2-6(9)5(3-4)8-10;/h1-3,9H,8H2;1-3,9H;/q;;+1/p-1. The molecule has 6 nitrogen and oxygen atoms in total. The molecule has 0 bridgehead atoms. The first-order valence-electron chi connectivity index (χ1n) is 5.21. The molecule has 2 aromatic carbocycles. The molecule has 116 valence electrons. The molecule has 0 heterocycles. The van der Waals surface area contributed by atoms with Gasteiger partial charge in [0.15, 0.2) is 5.69 Å². The van der Waals surface area contributed by atoms with Crippen LogP contribution in [0.5, 0.6) is 11.5 Å². The summed E-state index contributed by atoms with van der Waals surface area (Å²) in [7, 11) is 0. The molecular formula is C12H9Cl2CuN2O4. The Kier molecular flexibility index (Phi) is 8.96. The molecule has 0 saturated carbocycles. The van der Waals surface area contributed by atoms with Crippen LogP contribution in [0.3, 0.4) is 0 Å². The van der Waals surface area contributed by atoms with Crippen LogP contribution in [0.1, 0.15) is 0 Å². The van der Waals surface area contributed by atoms with Crippen molar-refractivity contribution in [1.29, 1.82) is 0 Å². The van der Waals surface area contributed by atoms with Crippen molar-refractivity contribution in [3.8, 4) is 11.5 Å². The summed E-state index contributed by atoms with van der Waals surface area (Å²) in [5.74, 6) is -0.446. The number of hydrogen-bond donors (Lipinski definition) is 2. The van der Waals surface area contributed by atoms with Crippen molar-refractivity contribution in [3.63, 3.8) is 0 Å². The summed E-state index contributed by atoms with van der Waals surface area (Å²) in [4.78, 5) is 9.91. The summed E-state index contributed by atoms with van der Waals surface area (Å²) in [6.07, 6.45) is 0. The average Bonchev–Trinajstić information content (AvgIpc) is 2.44. The van der Waals surface area contributed by atoms with E-state index in [1.54, 1.807) is 0 Å². The minimum absolute atomic E-state index is 0. The largest absolute Gasteiger partial charge is 1.00 e. The molecule has 0 aliphatic heterocycles. The van der Waals surface area contributed by atoms with Crippen LogP contribution in [-0.4, -0.2) is 5.11 Å². The molecule has 21 heavy (non-hydrogen) atoms. The van der Waals surface area contributed by atoms with E-state index < -0.39 is 0 Å². The van der Waals surface area contributed by atoms with Crippen molar-refractivity contribution >= 4 is 34.6 Å². The van der Waals surface area contributed by atoms with Gasteiger partial charge in [-0.3, -0.25) is 0 Å². The molecule has 0 aromatic heterocycles. The third kappa shape index (κ3) is 6.31. The first-order chi connectivity index (χ1) is 9.47. The van der Waals surface area contributed by atoms with E-state index in [-0.39, 0.29) is 39.9 Å². The van der Waals surface area contributed by atoms with E-state index in [1.165, 1.54) is 36.4 Å². The summed E-state index contributed by atoms with van der Waals surface area (Å²) in [6.45, 7) is 0. The van der Waals surface area contributed by atoms with Crippen LogP contribution in [0.4, 0.5) is 11.4 Å². The Bertz CT molecular complexity index is 614. The molecule has 0 aliphatic carbocycles. The van der Waals surface area contributed by atoms with Gasteiger partial charge in [0.2, 0.25) is 0 Å². The van der Waals surface area contributed by atoms with E-state index in [9.17, 15) is 15.2 Å². The minimum Gasteiger partial charge on any atom is -0.868 e. The van der Waals surface area contributed by atoms with Crippen LogP contribution in [0.15, 0.2) is 41.6 Å². The molecule has 0 radical (unpaired) electrons. The molecule has 0 fully saturated rings. The van der Waals surface area contributed by atoms with Crippen LogP contribution in [0, 0.1) is 10.1 Å². The van der Waals surface area contributed by atoms with Crippen molar-refractivity contribution < 1.29 is 32.8 Å². The molecule has 0 spiro atoms. The molecule has 2 rings (SSSR count). The van der Waals surface area contributed by atoms with Crippen molar-refractivity contribution in [2.75, 3.05) is 0 Å². The fourth-order valence-electron chi connectivity index (χ4n) is 1.18. The summed E-state index contributed by atoms with van der Waals surface area (Å²) < 4.78 is 0. The first kappa shape index (κ1) is 19.7. The second-order valence-electron chi connectivity index (χ2n) is 3.52. The third-order valence-corrected chi connectivity index (χ3v) is 2.60. The molecular weight excluding hydrogens is 371 g/mol. The third-order valence-electron chi connectivity index (χ3n) is 2.13. The van der Waals surface area contributed by atoms with Gasteiger partial charge in [-0.15, -0.1) is 4.91 Å². The number of nitrogens with zero attached hydrogens (tertiary/aromatic N) is 1. The number of benzene rings is 2. The number of quaternary nitrogens is 1. The average molecular weight is 380 g/mol. The van der Waals surface area contributed by atoms with Crippen LogP contribution < -0.4 is 10.6 Å². The van der Waals surface area contributed by atoms with Gasteiger partial charge < -0.3 is 20.9 Å². The van der Waals surface area contributed by atoms with Crippen LogP contribution in [0.25, 0.3) is 0 Å². The SMILES string of the molecule is O=Nc1cc(Cl)ccc1O.[Cu+].[O-][NH2+]c1cc(Cl)ccc1[O-]. The Hall–Kier alpha value is -1.34. The van der Waals surface area contributed by atoms with Gasteiger partial charge in [-0.05, 0) is 35.2 Å². The van der Waals surface area contributed by atoms with Crippen LogP contribution in [0.2, 0.25) is 10.0 Å². The monoisotopic (exact) mass is 378 g/mol. The maximum Gasteiger partial charge on any atom is 1.00 e. The molecule has 0 unspecified atom stereocenters. The van der Waals surface area contributed by atoms with Gasteiger partial charge in [-0.25, -0.2) is 0 Å². The van der Waals surface area contributed by atoms with Gasteiger partial charge in [0, 0.05) is 16.1 Å². The molecule has 9 heteroatoms.